The summed E-state index contributed by atoms with van der Waals surface area (Å²) in [5.74, 6) is 1.86. The Hall–Kier alpha value is -0.350. The van der Waals surface area contributed by atoms with E-state index >= 15 is 0 Å². The average molecular weight is 242 g/mol. The molecule has 1 heterocycles. The van der Waals surface area contributed by atoms with Gasteiger partial charge in [-0.1, -0.05) is 33.0 Å². The number of rotatable bonds is 2. The van der Waals surface area contributed by atoms with Gasteiger partial charge in [-0.05, 0) is 13.8 Å². The standard InChI is InChI=1S/C11H18N2S2/c1-7-8(2)12-9(13-10(7)14)6-15-11(3,4)5/h6H2,1-5H3,(H,12,13,14). The van der Waals surface area contributed by atoms with Gasteiger partial charge in [0.15, 0.2) is 0 Å². The molecule has 0 saturated carbocycles. The molecular weight excluding hydrogens is 224 g/mol. The molecule has 0 atom stereocenters. The third-order valence-electron chi connectivity index (χ3n) is 2.09. The minimum absolute atomic E-state index is 0.260. The van der Waals surface area contributed by atoms with Crippen LogP contribution in [0.1, 0.15) is 37.9 Å². The monoisotopic (exact) mass is 242 g/mol. The lowest BCUT2D eigenvalue weighted by molar-refractivity contribution is 0.799. The summed E-state index contributed by atoms with van der Waals surface area (Å²) in [6.45, 7) is 10.6. The maximum atomic E-state index is 5.20. The molecular formula is C11H18N2S2. The highest BCUT2D eigenvalue weighted by atomic mass is 32.2. The van der Waals surface area contributed by atoms with Gasteiger partial charge >= 0.3 is 0 Å². The number of hydrogen-bond donors (Lipinski definition) is 1. The molecule has 15 heavy (non-hydrogen) atoms. The third kappa shape index (κ3) is 3.95. The predicted molar refractivity (Wildman–Crippen MR) is 69.9 cm³/mol. The molecule has 1 aromatic heterocycles. The molecule has 0 aromatic carbocycles. The van der Waals surface area contributed by atoms with Gasteiger partial charge in [0.05, 0.1) is 5.75 Å². The highest BCUT2D eigenvalue weighted by Crippen LogP contribution is 2.26. The molecule has 4 heteroatoms. The van der Waals surface area contributed by atoms with Gasteiger partial charge in [-0.15, -0.1) is 11.8 Å². The molecule has 0 saturated heterocycles. The van der Waals surface area contributed by atoms with E-state index in [2.05, 4.69) is 30.7 Å². The Morgan fingerprint density at radius 1 is 1.33 bits per heavy atom. The van der Waals surface area contributed by atoms with E-state index in [0.29, 0.717) is 0 Å². The molecule has 0 amide bonds. The summed E-state index contributed by atoms with van der Waals surface area (Å²) in [5.41, 5.74) is 2.20. The molecule has 2 nitrogen and oxygen atoms in total. The fraction of sp³-hybridized carbons (Fsp3) is 0.636. The molecule has 84 valence electrons. The fourth-order valence-electron chi connectivity index (χ4n) is 1.06. The number of H-pyrrole nitrogens is 1. The zero-order valence-electron chi connectivity index (χ0n) is 9.97. The van der Waals surface area contributed by atoms with Gasteiger partial charge in [0, 0.05) is 16.0 Å². The average Bonchev–Trinajstić information content (AvgIpc) is 2.09. The second kappa shape index (κ2) is 4.66. The van der Waals surface area contributed by atoms with E-state index in [1.165, 1.54) is 0 Å². The number of thioether (sulfide) groups is 1. The summed E-state index contributed by atoms with van der Waals surface area (Å²) in [7, 11) is 0. The molecule has 0 fully saturated rings. The largest absolute Gasteiger partial charge is 0.346 e. The van der Waals surface area contributed by atoms with E-state index in [9.17, 15) is 0 Å². The van der Waals surface area contributed by atoms with Crippen LogP contribution in [0.3, 0.4) is 0 Å². The first-order chi connectivity index (χ1) is 6.79. The molecule has 0 spiro atoms. The van der Waals surface area contributed by atoms with Gasteiger partial charge in [-0.2, -0.15) is 0 Å². The highest BCUT2D eigenvalue weighted by molar-refractivity contribution is 7.99. The first-order valence-corrected chi connectivity index (χ1v) is 6.39. The highest BCUT2D eigenvalue weighted by Gasteiger charge is 2.11. The number of aromatic amines is 1. The summed E-state index contributed by atoms with van der Waals surface area (Å²) < 4.78 is 0.978. The van der Waals surface area contributed by atoms with Crippen molar-refractivity contribution in [1.29, 1.82) is 0 Å². The molecule has 0 aliphatic carbocycles. The van der Waals surface area contributed by atoms with Gasteiger partial charge in [-0.25, -0.2) is 4.98 Å². The van der Waals surface area contributed by atoms with Crippen LogP contribution in [0.25, 0.3) is 0 Å². The minimum Gasteiger partial charge on any atom is -0.346 e. The first kappa shape index (κ1) is 12.7. The summed E-state index contributed by atoms with van der Waals surface area (Å²) >= 11 is 7.07. The molecule has 1 N–H and O–H groups in total. The number of hydrogen-bond acceptors (Lipinski definition) is 3. The second-order valence-electron chi connectivity index (χ2n) is 4.64. The molecule has 0 unspecified atom stereocenters. The van der Waals surface area contributed by atoms with Crippen LogP contribution < -0.4 is 0 Å². The van der Waals surface area contributed by atoms with Crippen LogP contribution in [0.15, 0.2) is 0 Å². The minimum atomic E-state index is 0.260. The second-order valence-corrected chi connectivity index (χ2v) is 6.83. The van der Waals surface area contributed by atoms with Crippen molar-refractivity contribution in [3.63, 3.8) is 0 Å². The van der Waals surface area contributed by atoms with Crippen molar-refractivity contribution < 1.29 is 0 Å². The maximum Gasteiger partial charge on any atom is 0.132 e. The van der Waals surface area contributed by atoms with Crippen molar-refractivity contribution in [3.05, 3.63) is 21.7 Å². The van der Waals surface area contributed by atoms with Crippen LogP contribution in [0.5, 0.6) is 0 Å². The zero-order chi connectivity index (χ0) is 11.6. The van der Waals surface area contributed by atoms with Crippen LogP contribution in [0.2, 0.25) is 0 Å². The first-order valence-electron chi connectivity index (χ1n) is 5.00. The van der Waals surface area contributed by atoms with E-state index in [1.807, 2.05) is 25.6 Å². The van der Waals surface area contributed by atoms with Crippen LogP contribution in [-0.2, 0) is 5.75 Å². The van der Waals surface area contributed by atoms with Crippen LogP contribution in [-0.4, -0.2) is 14.7 Å². The predicted octanol–water partition coefficient (Wildman–Crippen LogP) is 3.79. The lowest BCUT2D eigenvalue weighted by Crippen LogP contribution is -2.09. The number of aromatic nitrogens is 2. The van der Waals surface area contributed by atoms with Crippen LogP contribution in [0.4, 0.5) is 0 Å². The Bertz CT molecular complexity index is 402. The van der Waals surface area contributed by atoms with Gasteiger partial charge in [-0.3, -0.25) is 0 Å². The van der Waals surface area contributed by atoms with Gasteiger partial charge in [0.1, 0.15) is 10.5 Å². The van der Waals surface area contributed by atoms with E-state index in [0.717, 1.165) is 27.5 Å². The van der Waals surface area contributed by atoms with Crippen molar-refractivity contribution in [1.82, 2.24) is 9.97 Å². The topological polar surface area (TPSA) is 28.7 Å². The van der Waals surface area contributed by atoms with Crippen molar-refractivity contribution in [3.8, 4) is 0 Å². The Kier molecular flexibility index (Phi) is 3.95. The normalized spacial score (nSPS) is 11.8. The van der Waals surface area contributed by atoms with Crippen LogP contribution in [0, 0.1) is 18.5 Å². The number of aryl methyl sites for hydroxylation is 1. The van der Waals surface area contributed by atoms with Crippen molar-refractivity contribution in [2.45, 2.75) is 45.1 Å². The Balaban J connectivity index is 2.84. The zero-order valence-corrected chi connectivity index (χ0v) is 11.6. The quantitative estimate of drug-likeness (QED) is 0.800. The Labute approximate surface area is 101 Å². The summed E-state index contributed by atoms with van der Waals surface area (Å²) in [4.78, 5) is 7.67. The summed E-state index contributed by atoms with van der Waals surface area (Å²) in [5, 5.41) is 0. The van der Waals surface area contributed by atoms with E-state index < -0.39 is 0 Å². The molecule has 1 aromatic rings. The molecule has 0 bridgehead atoms. The maximum absolute atomic E-state index is 5.20. The lowest BCUT2D eigenvalue weighted by Gasteiger charge is -2.17. The van der Waals surface area contributed by atoms with Gasteiger partial charge < -0.3 is 4.98 Å². The molecule has 1 rings (SSSR count). The van der Waals surface area contributed by atoms with E-state index in [4.69, 9.17) is 12.2 Å². The van der Waals surface area contributed by atoms with Gasteiger partial charge in [0.25, 0.3) is 0 Å². The van der Waals surface area contributed by atoms with Crippen molar-refractivity contribution in [2.24, 2.45) is 0 Å². The molecule has 0 radical (unpaired) electrons. The molecule has 0 aliphatic heterocycles. The SMILES string of the molecule is Cc1[nH]c(CSC(C)(C)C)nc(=S)c1C. The summed E-state index contributed by atoms with van der Waals surface area (Å²) in [6, 6.07) is 0. The number of nitrogens with zero attached hydrogens (tertiary/aromatic N) is 1. The Morgan fingerprint density at radius 2 is 1.93 bits per heavy atom. The van der Waals surface area contributed by atoms with E-state index in [1.54, 1.807) is 0 Å². The lowest BCUT2D eigenvalue weighted by atomic mass is 10.3. The third-order valence-corrected chi connectivity index (χ3v) is 3.77. The van der Waals surface area contributed by atoms with Crippen molar-refractivity contribution >= 4 is 24.0 Å². The van der Waals surface area contributed by atoms with Crippen molar-refractivity contribution in [2.75, 3.05) is 0 Å². The fourth-order valence-corrected chi connectivity index (χ4v) is 2.03. The van der Waals surface area contributed by atoms with E-state index in [-0.39, 0.29) is 4.75 Å². The Morgan fingerprint density at radius 3 is 2.40 bits per heavy atom. The molecule has 0 aliphatic rings. The summed E-state index contributed by atoms with van der Waals surface area (Å²) in [6.07, 6.45) is 0. The number of nitrogens with one attached hydrogen (secondary N) is 1. The van der Waals surface area contributed by atoms with Gasteiger partial charge in [0.2, 0.25) is 0 Å². The smallest absolute Gasteiger partial charge is 0.132 e. The van der Waals surface area contributed by atoms with Crippen LogP contribution >= 0.6 is 24.0 Å².